The van der Waals surface area contributed by atoms with Crippen molar-refractivity contribution >= 4 is 34.9 Å². The molecule has 23 heavy (non-hydrogen) atoms. The van der Waals surface area contributed by atoms with Crippen LogP contribution in [-0.2, 0) is 19.1 Å². The lowest BCUT2D eigenvalue weighted by Gasteiger charge is -2.10. The number of aryl methyl sites for hydroxylation is 1. The number of benzene rings is 1. The second kappa shape index (κ2) is 6.79. The molecule has 1 saturated heterocycles. The van der Waals surface area contributed by atoms with Crippen molar-refractivity contribution in [1.82, 2.24) is 0 Å². The summed E-state index contributed by atoms with van der Waals surface area (Å²) in [5.41, 5.74) is 2.47. The zero-order chi connectivity index (χ0) is 16.2. The fraction of sp³-hybridized carbons (Fsp3) is 0.222. The molecule has 0 saturated carbocycles. The van der Waals surface area contributed by atoms with Crippen molar-refractivity contribution in [2.24, 2.45) is 0 Å². The molecule has 2 aromatic rings. The van der Waals surface area contributed by atoms with Crippen LogP contribution in [0, 0.1) is 6.92 Å². The summed E-state index contributed by atoms with van der Waals surface area (Å²) in [6.07, 6.45) is 1.40. The Balaban J connectivity index is 1.90. The van der Waals surface area contributed by atoms with Crippen LogP contribution in [0.25, 0.3) is 11.6 Å². The second-order valence-electron chi connectivity index (χ2n) is 5.30. The number of hydrogen-bond acceptors (Lipinski definition) is 5. The predicted octanol–water partition coefficient (Wildman–Crippen LogP) is 3.46. The van der Waals surface area contributed by atoms with Gasteiger partial charge in [0, 0.05) is 11.3 Å². The van der Waals surface area contributed by atoms with Gasteiger partial charge in [-0.15, -0.1) is 11.3 Å². The molecule has 118 valence electrons. The Hall–Kier alpha value is -2.40. The van der Waals surface area contributed by atoms with E-state index in [1.165, 1.54) is 11.3 Å². The molecule has 1 fully saturated rings. The van der Waals surface area contributed by atoms with E-state index in [4.69, 9.17) is 9.47 Å². The maximum atomic E-state index is 12.5. The third-order valence-corrected chi connectivity index (χ3v) is 4.40. The van der Waals surface area contributed by atoms with E-state index >= 15 is 0 Å². The molecule has 3 rings (SSSR count). The Morgan fingerprint density at radius 1 is 1.35 bits per heavy atom. The van der Waals surface area contributed by atoms with Gasteiger partial charge < -0.3 is 9.47 Å². The average Bonchev–Trinajstić information content (AvgIpc) is 3.17. The summed E-state index contributed by atoms with van der Waals surface area (Å²) in [6.45, 7) is 2.29. The summed E-state index contributed by atoms with van der Waals surface area (Å²) >= 11 is 1.46. The molecule has 0 bridgehead atoms. The zero-order valence-corrected chi connectivity index (χ0v) is 13.5. The molecular weight excluding hydrogens is 312 g/mol. The summed E-state index contributed by atoms with van der Waals surface area (Å²) in [5.74, 6) is -0.975. The van der Waals surface area contributed by atoms with Gasteiger partial charge in [0.2, 0.25) is 6.10 Å². The molecule has 0 aliphatic carbocycles. The first-order chi connectivity index (χ1) is 11.1. The van der Waals surface area contributed by atoms with E-state index in [1.807, 2.05) is 48.7 Å². The first-order valence-electron chi connectivity index (χ1n) is 7.33. The molecule has 0 amide bonds. The Morgan fingerprint density at radius 3 is 2.87 bits per heavy atom. The Labute approximate surface area is 138 Å². The van der Waals surface area contributed by atoms with Crippen LogP contribution in [0.15, 0.2) is 41.8 Å². The van der Waals surface area contributed by atoms with Gasteiger partial charge in [0.15, 0.2) is 0 Å². The van der Waals surface area contributed by atoms with Gasteiger partial charge >= 0.3 is 11.9 Å². The molecule has 5 heteroatoms. The molecule has 0 spiro atoms. The van der Waals surface area contributed by atoms with Crippen LogP contribution < -0.4 is 0 Å². The van der Waals surface area contributed by atoms with Gasteiger partial charge in [0.1, 0.15) is 0 Å². The highest BCUT2D eigenvalue weighted by atomic mass is 32.1. The third kappa shape index (κ3) is 3.68. The monoisotopic (exact) mass is 328 g/mol. The number of carbonyl (C=O) groups excluding carboxylic acids is 2. The van der Waals surface area contributed by atoms with Gasteiger partial charge in [-0.25, -0.2) is 9.59 Å². The maximum Gasteiger partial charge on any atom is 0.347 e. The fourth-order valence-corrected chi connectivity index (χ4v) is 3.10. The van der Waals surface area contributed by atoms with Crippen LogP contribution >= 0.6 is 11.3 Å². The molecule has 1 aromatic heterocycles. The van der Waals surface area contributed by atoms with Crippen LogP contribution in [0.3, 0.4) is 0 Å². The van der Waals surface area contributed by atoms with Crippen LogP contribution in [0.5, 0.6) is 0 Å². The molecule has 2 heterocycles. The number of thiophene rings is 1. The lowest BCUT2D eigenvalue weighted by atomic mass is 10.1. The topological polar surface area (TPSA) is 52.6 Å². The second-order valence-corrected chi connectivity index (χ2v) is 6.25. The molecule has 0 radical (unpaired) electrons. The third-order valence-electron chi connectivity index (χ3n) is 3.50. The van der Waals surface area contributed by atoms with E-state index in [9.17, 15) is 9.59 Å². The van der Waals surface area contributed by atoms with Gasteiger partial charge in [0.25, 0.3) is 0 Å². The standard InChI is InChI=1S/C18H16O4S/c1-12-4-2-5-13(10-12)11-14(16-6-3-9-23-16)17(19)22-15-7-8-21-18(15)20/h2-6,9-11,15H,7-8H2,1H3/b14-11+/t15-/m1/s1. The highest BCUT2D eigenvalue weighted by Gasteiger charge is 2.31. The summed E-state index contributed by atoms with van der Waals surface area (Å²) in [5, 5.41) is 1.90. The minimum atomic E-state index is -0.802. The van der Waals surface area contributed by atoms with Gasteiger partial charge in [-0.05, 0) is 30.0 Å². The first-order valence-corrected chi connectivity index (χ1v) is 8.21. The number of rotatable bonds is 4. The predicted molar refractivity (Wildman–Crippen MR) is 88.8 cm³/mol. The summed E-state index contributed by atoms with van der Waals surface area (Å²) in [4.78, 5) is 24.9. The van der Waals surface area contributed by atoms with Gasteiger partial charge in [0.05, 0.1) is 12.2 Å². The zero-order valence-electron chi connectivity index (χ0n) is 12.7. The highest BCUT2D eigenvalue weighted by molar-refractivity contribution is 7.11. The van der Waals surface area contributed by atoms with Crippen molar-refractivity contribution < 1.29 is 19.1 Å². The van der Waals surface area contributed by atoms with Gasteiger partial charge in [-0.2, -0.15) is 0 Å². The number of carbonyl (C=O) groups is 2. The first kappa shape index (κ1) is 15.5. The van der Waals surface area contributed by atoms with Gasteiger partial charge in [-0.3, -0.25) is 0 Å². The van der Waals surface area contributed by atoms with Crippen molar-refractivity contribution in [2.75, 3.05) is 6.61 Å². The molecule has 1 aliphatic rings. The van der Waals surface area contributed by atoms with Crippen LogP contribution in [0.2, 0.25) is 0 Å². The van der Waals surface area contributed by atoms with Gasteiger partial charge in [-0.1, -0.05) is 35.9 Å². The molecule has 0 N–H and O–H groups in total. The molecule has 1 aliphatic heterocycles. The number of hydrogen-bond donors (Lipinski definition) is 0. The lowest BCUT2D eigenvalue weighted by Crippen LogP contribution is -2.23. The number of cyclic esters (lactones) is 1. The smallest absolute Gasteiger partial charge is 0.347 e. The normalized spacial score (nSPS) is 17.9. The molecular formula is C18H16O4S. The summed E-state index contributed by atoms with van der Waals surface area (Å²) < 4.78 is 10.2. The maximum absolute atomic E-state index is 12.5. The molecule has 1 atom stereocenters. The van der Waals surface area contributed by atoms with E-state index < -0.39 is 18.0 Å². The van der Waals surface area contributed by atoms with Crippen LogP contribution in [0.1, 0.15) is 22.4 Å². The number of esters is 2. The Bertz CT molecular complexity index is 746. The van der Waals surface area contributed by atoms with Crippen LogP contribution in [0.4, 0.5) is 0 Å². The summed E-state index contributed by atoms with van der Waals surface area (Å²) in [7, 11) is 0. The van der Waals surface area contributed by atoms with Crippen LogP contribution in [-0.4, -0.2) is 24.6 Å². The minimum Gasteiger partial charge on any atom is -0.463 e. The van der Waals surface area contributed by atoms with Crippen molar-refractivity contribution in [2.45, 2.75) is 19.4 Å². The van der Waals surface area contributed by atoms with E-state index in [0.717, 1.165) is 16.0 Å². The number of ether oxygens (including phenoxy) is 2. The molecule has 1 aromatic carbocycles. The molecule has 0 unspecified atom stereocenters. The Kier molecular flexibility index (Phi) is 4.57. The Morgan fingerprint density at radius 2 is 2.22 bits per heavy atom. The fourth-order valence-electron chi connectivity index (χ4n) is 2.37. The van der Waals surface area contributed by atoms with E-state index in [2.05, 4.69) is 0 Å². The highest BCUT2D eigenvalue weighted by Crippen LogP contribution is 2.26. The minimum absolute atomic E-state index is 0.298. The van der Waals surface area contributed by atoms with E-state index in [1.54, 1.807) is 6.08 Å². The average molecular weight is 328 g/mol. The molecule has 4 nitrogen and oxygen atoms in total. The van der Waals surface area contributed by atoms with E-state index in [0.29, 0.717) is 18.6 Å². The lowest BCUT2D eigenvalue weighted by molar-refractivity contribution is -0.156. The van der Waals surface area contributed by atoms with Crippen molar-refractivity contribution in [3.05, 3.63) is 57.8 Å². The summed E-state index contributed by atoms with van der Waals surface area (Å²) in [6, 6.07) is 11.6. The quantitative estimate of drug-likeness (QED) is 0.637. The van der Waals surface area contributed by atoms with E-state index in [-0.39, 0.29) is 0 Å². The van der Waals surface area contributed by atoms with Crippen molar-refractivity contribution in [3.8, 4) is 0 Å². The largest absolute Gasteiger partial charge is 0.463 e. The SMILES string of the molecule is Cc1cccc(/C=C(/C(=O)O[C@@H]2CCOC2=O)c2cccs2)c1. The van der Waals surface area contributed by atoms with Crippen molar-refractivity contribution in [1.29, 1.82) is 0 Å². The van der Waals surface area contributed by atoms with Crippen molar-refractivity contribution in [3.63, 3.8) is 0 Å².